The van der Waals surface area contributed by atoms with Gasteiger partial charge in [-0.25, -0.2) is 0 Å². The summed E-state index contributed by atoms with van der Waals surface area (Å²) in [6.45, 7) is 1.45. The minimum Gasteiger partial charge on any atom is -0.352 e. The van der Waals surface area contributed by atoms with Gasteiger partial charge in [-0.15, -0.1) is 0 Å². The maximum absolute atomic E-state index is 5.83. The van der Waals surface area contributed by atoms with Crippen LogP contribution in [0.25, 0.3) is 0 Å². The molecule has 0 N–H and O–H groups in total. The Morgan fingerprint density at radius 1 is 1.50 bits per heavy atom. The van der Waals surface area contributed by atoms with Crippen molar-refractivity contribution in [1.29, 1.82) is 0 Å². The smallest absolute Gasteiger partial charge is 0.110 e. The van der Waals surface area contributed by atoms with Crippen LogP contribution in [0, 0.1) is 0 Å². The number of hydrogen-bond acceptors (Lipinski definition) is 3. The normalized spacial score (nSPS) is 15.5. The van der Waals surface area contributed by atoms with Gasteiger partial charge in [0, 0.05) is 31.4 Å². The molecule has 0 fully saturated rings. The zero-order chi connectivity index (χ0) is 9.80. The van der Waals surface area contributed by atoms with E-state index in [1.54, 1.807) is 12.4 Å². The van der Waals surface area contributed by atoms with Crippen molar-refractivity contribution in [3.05, 3.63) is 41.3 Å². The number of rotatable bonds is 2. The van der Waals surface area contributed by atoms with Gasteiger partial charge in [-0.2, -0.15) is 0 Å². The minimum absolute atomic E-state index is 0.658. The third-order valence-corrected chi connectivity index (χ3v) is 2.09. The zero-order valence-electron chi connectivity index (χ0n) is 7.60. The van der Waals surface area contributed by atoms with Crippen LogP contribution in [-0.2, 0) is 6.54 Å². The molecule has 1 aromatic heterocycles. The van der Waals surface area contributed by atoms with Crippen molar-refractivity contribution in [1.82, 2.24) is 9.88 Å². The van der Waals surface area contributed by atoms with E-state index in [4.69, 9.17) is 11.6 Å². The number of aromatic nitrogens is 1. The largest absolute Gasteiger partial charge is 0.352 e. The Kier molecular flexibility index (Phi) is 2.79. The summed E-state index contributed by atoms with van der Waals surface area (Å²) < 4.78 is 0. The van der Waals surface area contributed by atoms with Crippen molar-refractivity contribution in [3.63, 3.8) is 0 Å². The first-order chi connectivity index (χ1) is 6.84. The third kappa shape index (κ3) is 2.33. The van der Waals surface area contributed by atoms with Crippen LogP contribution < -0.4 is 0 Å². The molecule has 0 amide bonds. The van der Waals surface area contributed by atoms with Crippen molar-refractivity contribution in [3.8, 4) is 0 Å². The number of hydrogen-bond donors (Lipinski definition) is 0. The monoisotopic (exact) mass is 207 g/mol. The lowest BCUT2D eigenvalue weighted by atomic mass is 10.3. The highest BCUT2D eigenvalue weighted by Crippen LogP contribution is 2.10. The van der Waals surface area contributed by atoms with E-state index in [0.717, 1.165) is 12.1 Å². The average molecular weight is 208 g/mol. The molecule has 0 saturated carbocycles. The molecule has 0 atom stereocenters. The van der Waals surface area contributed by atoms with Crippen LogP contribution in [0.5, 0.6) is 0 Å². The number of allylic oxidation sites excluding steroid dienone is 1. The Balaban J connectivity index is 2.03. The molecular formula is C10H10ClN3. The van der Waals surface area contributed by atoms with Crippen LogP contribution in [0.2, 0.25) is 0 Å². The number of halogens is 1. The summed E-state index contributed by atoms with van der Waals surface area (Å²) in [6, 6.07) is 3.96. The van der Waals surface area contributed by atoms with Gasteiger partial charge in [-0.05, 0) is 11.6 Å². The van der Waals surface area contributed by atoms with Crippen LogP contribution in [0.15, 0.2) is 40.8 Å². The second kappa shape index (κ2) is 4.24. The third-order valence-electron chi connectivity index (χ3n) is 1.89. The van der Waals surface area contributed by atoms with Gasteiger partial charge in [0.05, 0.1) is 5.03 Å². The Labute approximate surface area is 87.7 Å². The van der Waals surface area contributed by atoms with E-state index in [-0.39, 0.29) is 0 Å². The lowest BCUT2D eigenvalue weighted by molar-refractivity contribution is 0.378. The van der Waals surface area contributed by atoms with Crippen LogP contribution >= 0.6 is 11.6 Å². The summed E-state index contributed by atoms with van der Waals surface area (Å²) in [4.78, 5) is 10.2. The molecule has 1 aliphatic heterocycles. The van der Waals surface area contributed by atoms with E-state index < -0.39 is 0 Å². The maximum Gasteiger partial charge on any atom is 0.110 e. The van der Waals surface area contributed by atoms with Crippen molar-refractivity contribution in [2.75, 3.05) is 6.67 Å². The highest BCUT2D eigenvalue weighted by molar-refractivity contribution is 6.39. The van der Waals surface area contributed by atoms with Gasteiger partial charge in [0.2, 0.25) is 0 Å². The summed E-state index contributed by atoms with van der Waals surface area (Å²) in [6.07, 6.45) is 7.17. The lowest BCUT2D eigenvalue weighted by Gasteiger charge is -2.20. The molecule has 4 heteroatoms. The van der Waals surface area contributed by atoms with Crippen LogP contribution in [0.1, 0.15) is 5.56 Å². The molecule has 0 radical (unpaired) electrons. The van der Waals surface area contributed by atoms with E-state index in [1.165, 1.54) is 0 Å². The van der Waals surface area contributed by atoms with E-state index in [9.17, 15) is 0 Å². The van der Waals surface area contributed by atoms with Gasteiger partial charge in [-0.1, -0.05) is 17.7 Å². The Bertz CT molecular complexity index is 359. The fourth-order valence-corrected chi connectivity index (χ4v) is 1.51. The first kappa shape index (κ1) is 9.21. The molecule has 72 valence electrons. The zero-order valence-corrected chi connectivity index (χ0v) is 8.35. The summed E-state index contributed by atoms with van der Waals surface area (Å²) in [7, 11) is 0. The highest BCUT2D eigenvalue weighted by Gasteiger charge is 2.04. The number of nitrogens with zero attached hydrogens (tertiary/aromatic N) is 3. The van der Waals surface area contributed by atoms with Gasteiger partial charge in [-0.3, -0.25) is 9.98 Å². The van der Waals surface area contributed by atoms with E-state index in [2.05, 4.69) is 9.98 Å². The molecule has 1 aromatic rings. The van der Waals surface area contributed by atoms with Crippen LogP contribution in [0.4, 0.5) is 0 Å². The van der Waals surface area contributed by atoms with Crippen molar-refractivity contribution in [2.45, 2.75) is 6.54 Å². The topological polar surface area (TPSA) is 28.5 Å². The second-order valence-corrected chi connectivity index (χ2v) is 3.51. The summed E-state index contributed by atoms with van der Waals surface area (Å²) in [5, 5.41) is 0.667. The number of aliphatic imine (C=N–C) groups is 1. The quantitative estimate of drug-likeness (QED) is 0.742. The molecule has 3 nitrogen and oxygen atoms in total. The molecule has 0 aliphatic carbocycles. The van der Waals surface area contributed by atoms with Crippen molar-refractivity contribution < 1.29 is 0 Å². The van der Waals surface area contributed by atoms with Gasteiger partial charge < -0.3 is 4.90 Å². The molecule has 0 unspecified atom stereocenters. The fourth-order valence-electron chi connectivity index (χ4n) is 1.30. The van der Waals surface area contributed by atoms with Crippen LogP contribution in [-0.4, -0.2) is 22.8 Å². The Morgan fingerprint density at radius 2 is 2.43 bits per heavy atom. The fraction of sp³-hybridized carbons (Fsp3) is 0.200. The molecule has 0 spiro atoms. The highest BCUT2D eigenvalue weighted by atomic mass is 35.5. The second-order valence-electron chi connectivity index (χ2n) is 3.08. The number of pyridine rings is 1. The van der Waals surface area contributed by atoms with E-state index in [1.807, 2.05) is 29.4 Å². The first-order valence-electron chi connectivity index (χ1n) is 4.35. The molecule has 14 heavy (non-hydrogen) atoms. The van der Waals surface area contributed by atoms with Gasteiger partial charge in [0.25, 0.3) is 0 Å². The van der Waals surface area contributed by atoms with Gasteiger partial charge in [0.1, 0.15) is 6.67 Å². The van der Waals surface area contributed by atoms with E-state index >= 15 is 0 Å². The average Bonchev–Trinajstić information content (AvgIpc) is 2.19. The van der Waals surface area contributed by atoms with Gasteiger partial charge >= 0.3 is 0 Å². The molecule has 1 aliphatic rings. The van der Waals surface area contributed by atoms with Crippen molar-refractivity contribution >= 4 is 17.8 Å². The van der Waals surface area contributed by atoms with Crippen molar-refractivity contribution in [2.24, 2.45) is 4.99 Å². The Hall–Kier alpha value is -1.35. The van der Waals surface area contributed by atoms with E-state index in [0.29, 0.717) is 11.7 Å². The standard InChI is InChI=1S/C10H10ClN3/c11-10-5-13-8-14(7-10)6-9-2-1-3-12-4-9/h1-5,7H,6,8H2. The molecule has 0 aromatic carbocycles. The summed E-state index contributed by atoms with van der Waals surface area (Å²) in [5.74, 6) is 0. The molecular weight excluding hydrogens is 198 g/mol. The SMILES string of the molecule is ClC1=CN(Cc2cccnc2)CN=C1. The molecule has 0 saturated heterocycles. The summed E-state index contributed by atoms with van der Waals surface area (Å²) >= 11 is 5.83. The first-order valence-corrected chi connectivity index (χ1v) is 4.72. The lowest BCUT2D eigenvalue weighted by Crippen LogP contribution is -2.20. The molecule has 2 rings (SSSR count). The summed E-state index contributed by atoms with van der Waals surface area (Å²) in [5.41, 5.74) is 1.16. The minimum atomic E-state index is 0.658. The van der Waals surface area contributed by atoms with Gasteiger partial charge in [0.15, 0.2) is 0 Å². The van der Waals surface area contributed by atoms with Crippen LogP contribution in [0.3, 0.4) is 0 Å². The molecule has 0 bridgehead atoms. The predicted octanol–water partition coefficient (Wildman–Crippen LogP) is 2.01. The maximum atomic E-state index is 5.83. The Morgan fingerprint density at radius 3 is 3.14 bits per heavy atom. The molecule has 2 heterocycles. The predicted molar refractivity (Wildman–Crippen MR) is 57.1 cm³/mol.